The van der Waals surface area contributed by atoms with Crippen molar-refractivity contribution in [3.05, 3.63) is 35.9 Å². The minimum atomic E-state index is -0.203. The van der Waals surface area contributed by atoms with E-state index in [0.29, 0.717) is 12.5 Å². The van der Waals surface area contributed by atoms with Crippen LogP contribution in [0.25, 0.3) is 0 Å². The quantitative estimate of drug-likeness (QED) is 0.792. The molecule has 1 aliphatic rings. The predicted molar refractivity (Wildman–Crippen MR) is 90.7 cm³/mol. The lowest BCUT2D eigenvalue weighted by Gasteiger charge is -2.18. The van der Waals surface area contributed by atoms with Crippen molar-refractivity contribution in [3.63, 3.8) is 0 Å². The van der Waals surface area contributed by atoms with Crippen LogP contribution < -0.4 is 10.7 Å². The van der Waals surface area contributed by atoms with Crippen molar-refractivity contribution in [2.75, 3.05) is 0 Å². The molecule has 0 saturated heterocycles. The third-order valence-electron chi connectivity index (χ3n) is 4.00. The fourth-order valence-corrected chi connectivity index (χ4v) is 2.67. The molecule has 2 N–H and O–H groups in total. The van der Waals surface area contributed by atoms with E-state index in [4.69, 9.17) is 0 Å². The van der Waals surface area contributed by atoms with E-state index >= 15 is 0 Å². The fraction of sp³-hybridized carbons (Fsp3) is 0.500. The van der Waals surface area contributed by atoms with Gasteiger partial charge < -0.3 is 5.32 Å². The Balaban J connectivity index is 1.63. The summed E-state index contributed by atoms with van der Waals surface area (Å²) in [4.78, 5) is 23.5. The Kier molecular flexibility index (Phi) is 6.78. The largest absolute Gasteiger partial charge is 0.352 e. The lowest BCUT2D eigenvalue weighted by Crippen LogP contribution is -2.26. The Morgan fingerprint density at radius 2 is 1.91 bits per heavy atom. The lowest BCUT2D eigenvalue weighted by molar-refractivity contribution is -0.126. The zero-order valence-corrected chi connectivity index (χ0v) is 13.7. The first-order chi connectivity index (χ1) is 11.1. The molecular formula is C18H25N3O2. The number of carbonyl (C=O) groups is 2. The summed E-state index contributed by atoms with van der Waals surface area (Å²) in [5, 5.41) is 7.00. The summed E-state index contributed by atoms with van der Waals surface area (Å²) in [5.74, 6) is 0.316. The Morgan fingerprint density at radius 1 is 1.17 bits per heavy atom. The van der Waals surface area contributed by atoms with Crippen LogP contribution in [0.4, 0.5) is 0 Å². The van der Waals surface area contributed by atoms with Gasteiger partial charge in [-0.25, -0.2) is 5.43 Å². The standard InChI is InChI=1S/C18H25N3O2/c1-14-6-5-9-16(12-14)20-21-18(23)11-10-17(22)19-13-15-7-3-2-4-8-15/h2-4,7-8,14H,5-6,9-13H2,1H3,(H,19,22)(H,21,23)/b20-16+. The van der Waals surface area contributed by atoms with Crippen molar-refractivity contribution in [1.29, 1.82) is 0 Å². The molecule has 1 fully saturated rings. The number of carbonyl (C=O) groups excluding carboxylic acids is 2. The van der Waals surface area contributed by atoms with E-state index < -0.39 is 0 Å². The lowest BCUT2D eigenvalue weighted by atomic mass is 9.89. The average molecular weight is 315 g/mol. The van der Waals surface area contributed by atoms with Crippen LogP contribution in [0.5, 0.6) is 0 Å². The summed E-state index contributed by atoms with van der Waals surface area (Å²) in [6.07, 6.45) is 4.62. The van der Waals surface area contributed by atoms with Gasteiger partial charge >= 0.3 is 0 Å². The zero-order chi connectivity index (χ0) is 16.5. The molecule has 5 nitrogen and oxygen atoms in total. The van der Waals surface area contributed by atoms with E-state index in [9.17, 15) is 9.59 Å². The Hall–Kier alpha value is -2.17. The second-order valence-electron chi connectivity index (χ2n) is 6.18. The maximum atomic E-state index is 11.7. The molecule has 124 valence electrons. The van der Waals surface area contributed by atoms with Gasteiger partial charge in [-0.15, -0.1) is 0 Å². The molecular weight excluding hydrogens is 290 g/mol. The van der Waals surface area contributed by atoms with Gasteiger partial charge in [-0.05, 0) is 37.2 Å². The summed E-state index contributed by atoms with van der Waals surface area (Å²) in [6, 6.07) is 9.70. The van der Waals surface area contributed by atoms with E-state index in [1.807, 2.05) is 30.3 Å². The molecule has 1 atom stereocenters. The molecule has 0 heterocycles. The molecule has 2 amide bonds. The van der Waals surface area contributed by atoms with Crippen LogP contribution in [-0.2, 0) is 16.1 Å². The van der Waals surface area contributed by atoms with Gasteiger partial charge in [0.1, 0.15) is 0 Å². The summed E-state index contributed by atoms with van der Waals surface area (Å²) >= 11 is 0. The second kappa shape index (κ2) is 9.08. The maximum absolute atomic E-state index is 11.7. The number of rotatable bonds is 6. The summed E-state index contributed by atoms with van der Waals surface area (Å²) < 4.78 is 0. The van der Waals surface area contributed by atoms with Gasteiger partial charge in [0.2, 0.25) is 11.8 Å². The first kappa shape index (κ1) is 17.2. The second-order valence-corrected chi connectivity index (χ2v) is 6.18. The number of nitrogens with one attached hydrogen (secondary N) is 2. The minimum absolute atomic E-state index is 0.122. The SMILES string of the molecule is CC1CCC/C(=N\NC(=O)CCC(=O)NCc2ccccc2)C1. The van der Waals surface area contributed by atoms with Crippen molar-refractivity contribution in [2.24, 2.45) is 11.0 Å². The highest BCUT2D eigenvalue weighted by molar-refractivity contribution is 5.88. The number of amides is 2. The van der Waals surface area contributed by atoms with Gasteiger partial charge in [0.05, 0.1) is 0 Å². The first-order valence-corrected chi connectivity index (χ1v) is 8.28. The highest BCUT2D eigenvalue weighted by Gasteiger charge is 2.14. The van der Waals surface area contributed by atoms with Gasteiger partial charge in [0.25, 0.3) is 0 Å². The Morgan fingerprint density at radius 3 is 2.65 bits per heavy atom. The normalized spacial score (nSPS) is 19.3. The molecule has 0 aromatic heterocycles. The molecule has 0 spiro atoms. The van der Waals surface area contributed by atoms with E-state index in [1.165, 1.54) is 6.42 Å². The highest BCUT2D eigenvalue weighted by Crippen LogP contribution is 2.20. The number of hydrazone groups is 1. The number of hydrogen-bond acceptors (Lipinski definition) is 3. The molecule has 23 heavy (non-hydrogen) atoms. The van der Waals surface area contributed by atoms with E-state index in [-0.39, 0.29) is 24.7 Å². The summed E-state index contributed by atoms with van der Waals surface area (Å²) in [7, 11) is 0. The fourth-order valence-electron chi connectivity index (χ4n) is 2.67. The zero-order valence-electron chi connectivity index (χ0n) is 13.7. The Labute approximate surface area is 137 Å². The molecule has 1 saturated carbocycles. The molecule has 1 aliphatic carbocycles. The van der Waals surface area contributed by atoms with Crippen LogP contribution in [0.2, 0.25) is 0 Å². The smallest absolute Gasteiger partial charge is 0.240 e. The van der Waals surface area contributed by atoms with Gasteiger partial charge in [-0.1, -0.05) is 37.3 Å². The van der Waals surface area contributed by atoms with Gasteiger partial charge in [-0.3, -0.25) is 9.59 Å². The van der Waals surface area contributed by atoms with Gasteiger partial charge in [0, 0.05) is 25.1 Å². The van der Waals surface area contributed by atoms with E-state index in [1.54, 1.807) is 0 Å². The van der Waals surface area contributed by atoms with Crippen molar-refractivity contribution in [3.8, 4) is 0 Å². The number of hydrogen-bond donors (Lipinski definition) is 2. The molecule has 0 bridgehead atoms. The molecule has 1 aromatic carbocycles. The van der Waals surface area contributed by atoms with Crippen LogP contribution in [0, 0.1) is 5.92 Å². The van der Waals surface area contributed by atoms with E-state index in [0.717, 1.165) is 30.5 Å². The number of benzene rings is 1. The summed E-state index contributed by atoms with van der Waals surface area (Å²) in [5.41, 5.74) is 4.68. The van der Waals surface area contributed by atoms with Crippen LogP contribution in [0.1, 0.15) is 51.0 Å². The van der Waals surface area contributed by atoms with Crippen molar-refractivity contribution < 1.29 is 9.59 Å². The average Bonchev–Trinajstić information content (AvgIpc) is 2.57. The monoisotopic (exact) mass is 315 g/mol. The molecule has 2 rings (SSSR count). The predicted octanol–water partition coefficient (Wildman–Crippen LogP) is 2.77. The maximum Gasteiger partial charge on any atom is 0.240 e. The first-order valence-electron chi connectivity index (χ1n) is 8.28. The van der Waals surface area contributed by atoms with Crippen molar-refractivity contribution >= 4 is 17.5 Å². The molecule has 0 aliphatic heterocycles. The van der Waals surface area contributed by atoms with Gasteiger partial charge in [-0.2, -0.15) is 5.10 Å². The van der Waals surface area contributed by atoms with Crippen LogP contribution >= 0.6 is 0 Å². The Bertz CT molecular complexity index is 555. The van der Waals surface area contributed by atoms with Crippen LogP contribution in [-0.4, -0.2) is 17.5 Å². The topological polar surface area (TPSA) is 70.6 Å². The number of nitrogens with zero attached hydrogens (tertiary/aromatic N) is 1. The molecule has 1 aromatic rings. The molecule has 1 unspecified atom stereocenters. The van der Waals surface area contributed by atoms with Crippen LogP contribution in [0.15, 0.2) is 35.4 Å². The molecule has 5 heteroatoms. The highest BCUT2D eigenvalue weighted by atomic mass is 16.2. The van der Waals surface area contributed by atoms with Crippen molar-refractivity contribution in [2.45, 2.75) is 52.0 Å². The summed E-state index contributed by atoms with van der Waals surface area (Å²) in [6.45, 7) is 2.69. The third-order valence-corrected chi connectivity index (χ3v) is 4.00. The molecule has 0 radical (unpaired) electrons. The van der Waals surface area contributed by atoms with Gasteiger partial charge in [0.15, 0.2) is 0 Å². The minimum Gasteiger partial charge on any atom is -0.352 e. The van der Waals surface area contributed by atoms with E-state index in [2.05, 4.69) is 22.8 Å². The van der Waals surface area contributed by atoms with Crippen molar-refractivity contribution in [1.82, 2.24) is 10.7 Å². The van der Waals surface area contributed by atoms with Crippen LogP contribution in [0.3, 0.4) is 0 Å². The third kappa shape index (κ3) is 6.63.